The second-order valence-electron chi connectivity index (χ2n) is 13.0. The summed E-state index contributed by atoms with van der Waals surface area (Å²) < 4.78 is 0. The molecule has 0 radical (unpaired) electrons. The van der Waals surface area contributed by atoms with Gasteiger partial charge in [0.15, 0.2) is 0 Å². The van der Waals surface area contributed by atoms with Crippen LogP contribution in [-0.4, -0.2) is 75.9 Å². The number of aliphatic hydroxyl groups is 5. The summed E-state index contributed by atoms with van der Waals surface area (Å²) in [5.74, 6) is 0.543. The molecule has 8 heteroatoms. The third kappa shape index (κ3) is 31.2. The zero-order chi connectivity index (χ0) is 34.5. The van der Waals surface area contributed by atoms with Gasteiger partial charge in [0.05, 0.1) is 12.6 Å². The van der Waals surface area contributed by atoms with Gasteiger partial charge in [-0.3, -0.25) is 4.99 Å². The van der Waals surface area contributed by atoms with Crippen LogP contribution in [-0.2, 0) is 32.5 Å². The number of aliphatic imine (C=N–C) groups is 1. The van der Waals surface area contributed by atoms with E-state index in [0.717, 1.165) is 62.5 Å². The Morgan fingerprint density at radius 2 is 1.02 bits per heavy atom. The zero-order valence-corrected chi connectivity index (χ0v) is 32.3. The van der Waals surface area contributed by atoms with E-state index in [9.17, 15) is 10.2 Å². The van der Waals surface area contributed by atoms with Crippen LogP contribution in [0.4, 0.5) is 0 Å². The molecule has 0 saturated heterocycles. The number of hydrogen-bond donors (Lipinski definition) is 6. The monoisotopic (exact) mass is 663 g/mol. The van der Waals surface area contributed by atoms with Gasteiger partial charge in [-0.25, -0.2) is 0 Å². The normalized spacial score (nSPS) is 11.5. The molecule has 262 valence electrons. The summed E-state index contributed by atoms with van der Waals surface area (Å²) in [5.41, 5.74) is 2.66. The maximum absolute atomic E-state index is 10.7. The molecule has 0 amide bonds. The Bertz CT molecular complexity index is 726. The summed E-state index contributed by atoms with van der Waals surface area (Å²) in [6.07, 6.45) is 9.86. The van der Waals surface area contributed by atoms with Crippen molar-refractivity contribution in [1.82, 2.24) is 0 Å². The molecule has 0 aliphatic rings. The number of aliphatic hydroxyl groups excluding tert-OH is 5. The Morgan fingerprint density at radius 1 is 0.659 bits per heavy atom. The summed E-state index contributed by atoms with van der Waals surface area (Å²) in [6, 6.07) is 3.95. The van der Waals surface area contributed by atoms with Gasteiger partial charge in [-0.05, 0) is 54.1 Å². The van der Waals surface area contributed by atoms with E-state index in [1.807, 2.05) is 19.9 Å². The number of hydrogen-bond acceptors (Lipinski definition) is 7. The molecule has 0 unspecified atom stereocenters. The van der Waals surface area contributed by atoms with Crippen LogP contribution < -0.4 is 0 Å². The smallest absolute Gasteiger partial charge is 0.128 e. The first kappa shape index (κ1) is 52.7. The number of unbranched alkanes of at least 4 members (excludes halogenated alkanes) is 4. The van der Waals surface area contributed by atoms with Gasteiger partial charge in [0.25, 0.3) is 0 Å². The molecule has 1 aromatic rings. The third-order valence-corrected chi connectivity index (χ3v) is 6.22. The first-order chi connectivity index (χ1) is 20.0. The minimum absolute atomic E-state index is 0. The maximum Gasteiger partial charge on any atom is 0.128 e. The molecular weight excluding hydrogens is 590 g/mol. The molecule has 0 aliphatic carbocycles. The Morgan fingerprint density at radius 3 is 1.23 bits per heavy atom. The Kier molecular flexibility index (Phi) is 40.2. The van der Waals surface area contributed by atoms with Crippen molar-refractivity contribution in [3.8, 4) is 5.75 Å². The molecule has 0 saturated carbocycles. The SMILES string of the molecule is CC(C)[C@@H](CO)N=Cc1cc(C(C)(C)C)cc(C(C)(C)C)c1O.CCCCO.CCCCO.CCCCO.CCCCO.[Ti]. The number of aromatic hydroxyl groups is 1. The fourth-order valence-corrected chi connectivity index (χ4v) is 3.00. The van der Waals surface area contributed by atoms with Crippen molar-refractivity contribution in [1.29, 1.82) is 0 Å². The summed E-state index contributed by atoms with van der Waals surface area (Å²) in [5, 5.41) is 52.4. The van der Waals surface area contributed by atoms with Crippen molar-refractivity contribution in [2.45, 2.75) is 151 Å². The first-order valence-electron chi connectivity index (χ1n) is 16.5. The molecule has 0 fully saturated rings. The van der Waals surface area contributed by atoms with Crippen LogP contribution in [0.1, 0.15) is 151 Å². The van der Waals surface area contributed by atoms with Gasteiger partial charge in [-0.1, -0.05) is 115 Å². The van der Waals surface area contributed by atoms with Crippen molar-refractivity contribution >= 4 is 6.21 Å². The van der Waals surface area contributed by atoms with Crippen LogP contribution in [0.3, 0.4) is 0 Å². The molecule has 7 nitrogen and oxygen atoms in total. The van der Waals surface area contributed by atoms with Crippen molar-refractivity contribution in [3.63, 3.8) is 0 Å². The number of rotatable bonds is 12. The Balaban J connectivity index is -0.000000196. The summed E-state index contributed by atoms with van der Waals surface area (Å²) in [4.78, 5) is 4.48. The second kappa shape index (κ2) is 33.6. The van der Waals surface area contributed by atoms with E-state index >= 15 is 0 Å². The number of phenols is 1. The third-order valence-electron chi connectivity index (χ3n) is 6.22. The fourth-order valence-electron chi connectivity index (χ4n) is 3.00. The van der Waals surface area contributed by atoms with Gasteiger partial charge >= 0.3 is 0 Å². The number of benzene rings is 1. The average molecular weight is 664 g/mol. The van der Waals surface area contributed by atoms with Crippen molar-refractivity contribution in [2.24, 2.45) is 10.9 Å². The van der Waals surface area contributed by atoms with E-state index in [2.05, 4.69) is 80.3 Å². The standard InChI is InChI=1S/C20H33NO2.4C4H10O.Ti/c1-13(2)17(12-22)21-11-14-9-15(19(3,4)5)10-16(18(14)23)20(6,7)8;4*1-2-3-4-5;/h9-11,13,17,22-23H,12H2,1-8H3;4*5H,2-4H2,1H3;/t17-;;;;;/m1...../s1. The quantitative estimate of drug-likeness (QED) is 0.101. The minimum Gasteiger partial charge on any atom is -0.507 e. The maximum atomic E-state index is 10.7. The van der Waals surface area contributed by atoms with Crippen LogP contribution in [0.25, 0.3) is 0 Å². The van der Waals surface area contributed by atoms with Crippen molar-refractivity contribution < 1.29 is 52.4 Å². The van der Waals surface area contributed by atoms with Gasteiger partial charge < -0.3 is 30.6 Å². The van der Waals surface area contributed by atoms with E-state index in [-0.39, 0.29) is 56.9 Å². The molecule has 44 heavy (non-hydrogen) atoms. The largest absolute Gasteiger partial charge is 0.507 e. The van der Waals surface area contributed by atoms with Gasteiger partial charge in [-0.15, -0.1) is 0 Å². The van der Waals surface area contributed by atoms with E-state index in [0.29, 0.717) is 26.4 Å². The van der Waals surface area contributed by atoms with E-state index < -0.39 is 0 Å². The zero-order valence-electron chi connectivity index (χ0n) is 30.7. The minimum atomic E-state index is -0.150. The fraction of sp³-hybridized carbons (Fsp3) is 0.806. The van der Waals surface area contributed by atoms with E-state index in [1.54, 1.807) is 6.21 Å². The van der Waals surface area contributed by atoms with Crippen molar-refractivity contribution in [3.05, 3.63) is 28.8 Å². The van der Waals surface area contributed by atoms with Gasteiger partial charge in [-0.2, -0.15) is 0 Å². The second-order valence-corrected chi connectivity index (χ2v) is 13.0. The topological polar surface area (TPSA) is 134 Å². The molecule has 1 rings (SSSR count). The summed E-state index contributed by atoms with van der Waals surface area (Å²) in [7, 11) is 0. The molecule has 0 aromatic heterocycles. The van der Waals surface area contributed by atoms with Crippen LogP contribution in [0.5, 0.6) is 5.75 Å². The average Bonchev–Trinajstić information content (AvgIpc) is 2.91. The van der Waals surface area contributed by atoms with Gasteiger partial charge in [0.1, 0.15) is 5.75 Å². The van der Waals surface area contributed by atoms with E-state index in [4.69, 9.17) is 20.4 Å². The first-order valence-corrected chi connectivity index (χ1v) is 16.5. The molecule has 0 bridgehead atoms. The number of nitrogens with zero attached hydrogens (tertiary/aromatic N) is 1. The molecule has 0 spiro atoms. The summed E-state index contributed by atoms with van der Waals surface area (Å²) >= 11 is 0. The van der Waals surface area contributed by atoms with Crippen LogP contribution in [0.2, 0.25) is 0 Å². The predicted octanol–water partition coefficient (Wildman–Crippen LogP) is 7.54. The van der Waals surface area contributed by atoms with E-state index in [1.165, 1.54) is 5.56 Å². The molecule has 6 N–H and O–H groups in total. The van der Waals surface area contributed by atoms with Crippen LogP contribution in [0.15, 0.2) is 17.1 Å². The Labute approximate surface area is 287 Å². The van der Waals surface area contributed by atoms with Crippen molar-refractivity contribution in [2.75, 3.05) is 33.0 Å². The predicted molar refractivity (Wildman–Crippen MR) is 187 cm³/mol. The van der Waals surface area contributed by atoms with Crippen LogP contribution >= 0.6 is 0 Å². The Hall–Kier alpha value is -0.796. The van der Waals surface area contributed by atoms with Crippen LogP contribution in [0, 0.1) is 5.92 Å². The molecular formula is C36H73NO6Ti. The molecule has 1 atom stereocenters. The number of phenolic OH excluding ortho intramolecular Hbond substituents is 1. The molecule has 0 heterocycles. The molecule has 0 aliphatic heterocycles. The summed E-state index contributed by atoms with van der Waals surface area (Å²) in [6.45, 7) is 26.4. The van der Waals surface area contributed by atoms with Gasteiger partial charge in [0, 0.05) is 65.5 Å². The molecule has 1 aromatic carbocycles. The van der Waals surface area contributed by atoms with Gasteiger partial charge in [0.2, 0.25) is 0 Å².